The molecule has 98 valence electrons. The topological polar surface area (TPSA) is 52.6 Å². The van der Waals surface area contributed by atoms with Gasteiger partial charge in [-0.3, -0.25) is 4.79 Å². The van der Waals surface area contributed by atoms with E-state index < -0.39 is 11.9 Å². The number of carboxylic acid groups (broad SMARTS) is 1. The minimum Gasteiger partial charge on any atom is -0.481 e. The molecule has 0 radical (unpaired) electrons. The Morgan fingerprint density at radius 3 is 2.67 bits per heavy atom. The summed E-state index contributed by atoms with van der Waals surface area (Å²) >= 11 is 0. The summed E-state index contributed by atoms with van der Waals surface area (Å²) in [5, 5.41) is 12.3. The molecule has 2 atom stereocenters. The minimum absolute atomic E-state index is 0.180. The summed E-state index contributed by atoms with van der Waals surface area (Å²) < 4.78 is 12.9. The second-order valence-corrected chi connectivity index (χ2v) is 4.67. The lowest BCUT2D eigenvalue weighted by Crippen LogP contribution is -2.39. The molecular weight excluding hydrogens is 235 g/mol. The lowest BCUT2D eigenvalue weighted by molar-refractivity contribution is -0.141. The number of anilines is 1. The van der Waals surface area contributed by atoms with Crippen molar-refractivity contribution in [1.82, 2.24) is 5.32 Å². The molecule has 1 aromatic rings. The summed E-state index contributed by atoms with van der Waals surface area (Å²) in [5.74, 6) is -1.53. The monoisotopic (exact) mass is 252 g/mol. The summed E-state index contributed by atoms with van der Waals surface area (Å²) in [7, 11) is 0. The molecule has 1 aromatic carbocycles. The highest BCUT2D eigenvalue weighted by Crippen LogP contribution is 2.20. The van der Waals surface area contributed by atoms with Crippen LogP contribution in [0.15, 0.2) is 24.3 Å². The van der Waals surface area contributed by atoms with Crippen LogP contribution >= 0.6 is 0 Å². The molecule has 5 heteroatoms. The van der Waals surface area contributed by atoms with Gasteiger partial charge in [-0.1, -0.05) is 0 Å². The van der Waals surface area contributed by atoms with Gasteiger partial charge in [0.25, 0.3) is 0 Å². The average molecular weight is 252 g/mol. The molecule has 0 amide bonds. The maximum absolute atomic E-state index is 12.9. The first-order valence-electron chi connectivity index (χ1n) is 6.03. The van der Waals surface area contributed by atoms with E-state index in [0.29, 0.717) is 13.1 Å². The molecule has 18 heavy (non-hydrogen) atoms. The van der Waals surface area contributed by atoms with E-state index in [1.165, 1.54) is 12.1 Å². The summed E-state index contributed by atoms with van der Waals surface area (Å²) in [6, 6.07) is 6.36. The Labute approximate surface area is 105 Å². The van der Waals surface area contributed by atoms with Crippen molar-refractivity contribution in [3.05, 3.63) is 30.1 Å². The molecule has 0 bridgehead atoms. The fourth-order valence-electron chi connectivity index (χ4n) is 2.22. The molecule has 4 nitrogen and oxygen atoms in total. The smallest absolute Gasteiger partial charge is 0.309 e. The Morgan fingerprint density at radius 1 is 1.39 bits per heavy atom. The Kier molecular flexibility index (Phi) is 3.81. The molecule has 1 fully saturated rings. The Hall–Kier alpha value is -1.62. The number of nitrogens with zero attached hydrogens (tertiary/aromatic N) is 1. The van der Waals surface area contributed by atoms with Crippen molar-refractivity contribution in [2.75, 3.05) is 24.5 Å². The van der Waals surface area contributed by atoms with Crippen molar-refractivity contribution in [1.29, 1.82) is 0 Å². The maximum Gasteiger partial charge on any atom is 0.309 e. The predicted molar refractivity (Wildman–Crippen MR) is 67.2 cm³/mol. The minimum atomic E-state index is -0.802. The fraction of sp³-hybridized carbons (Fsp3) is 0.462. The highest BCUT2D eigenvalue weighted by Gasteiger charge is 2.27. The zero-order valence-electron chi connectivity index (χ0n) is 10.3. The standard InChI is InChI=1S/C13H17FN2O2/c1-9-6-15-7-10(13(17)18)8-16(9)12-4-2-11(14)3-5-12/h2-5,9-10,15H,6-8H2,1H3,(H,17,18). The van der Waals surface area contributed by atoms with Gasteiger partial charge in [-0.15, -0.1) is 0 Å². The van der Waals surface area contributed by atoms with Crippen molar-refractivity contribution in [2.45, 2.75) is 13.0 Å². The van der Waals surface area contributed by atoms with Gasteiger partial charge in [0.2, 0.25) is 0 Å². The molecule has 1 heterocycles. The largest absolute Gasteiger partial charge is 0.481 e. The molecule has 0 saturated carbocycles. The van der Waals surface area contributed by atoms with Crippen molar-refractivity contribution in [2.24, 2.45) is 5.92 Å². The van der Waals surface area contributed by atoms with Gasteiger partial charge in [-0.2, -0.15) is 0 Å². The molecule has 0 aromatic heterocycles. The maximum atomic E-state index is 12.9. The Balaban J connectivity index is 2.22. The number of nitrogens with one attached hydrogen (secondary N) is 1. The van der Waals surface area contributed by atoms with Crippen LogP contribution < -0.4 is 10.2 Å². The van der Waals surface area contributed by atoms with E-state index in [2.05, 4.69) is 5.32 Å². The highest BCUT2D eigenvalue weighted by molar-refractivity contribution is 5.71. The zero-order chi connectivity index (χ0) is 13.1. The predicted octanol–water partition coefficient (Wildman–Crippen LogP) is 1.32. The SMILES string of the molecule is CC1CNCC(C(=O)O)CN1c1ccc(F)cc1. The molecule has 1 aliphatic heterocycles. The van der Waals surface area contributed by atoms with Gasteiger partial charge in [-0.05, 0) is 31.2 Å². The van der Waals surface area contributed by atoms with Crippen molar-refractivity contribution >= 4 is 11.7 Å². The average Bonchev–Trinajstić information content (AvgIpc) is 2.52. The van der Waals surface area contributed by atoms with Crippen LogP contribution in [0, 0.1) is 11.7 Å². The Bertz CT molecular complexity index is 422. The number of aliphatic carboxylic acids is 1. The molecule has 2 unspecified atom stereocenters. The van der Waals surface area contributed by atoms with Crippen LogP contribution in [0.1, 0.15) is 6.92 Å². The van der Waals surface area contributed by atoms with E-state index in [4.69, 9.17) is 5.11 Å². The van der Waals surface area contributed by atoms with Crippen molar-refractivity contribution < 1.29 is 14.3 Å². The quantitative estimate of drug-likeness (QED) is 0.833. The first kappa shape index (κ1) is 12.8. The summed E-state index contributed by atoms with van der Waals surface area (Å²) in [5.41, 5.74) is 0.860. The van der Waals surface area contributed by atoms with Gasteiger partial charge in [-0.25, -0.2) is 4.39 Å². The van der Waals surface area contributed by atoms with Crippen LogP contribution in [0.2, 0.25) is 0 Å². The number of rotatable bonds is 2. The van der Waals surface area contributed by atoms with E-state index in [-0.39, 0.29) is 11.9 Å². The first-order chi connectivity index (χ1) is 8.58. The van der Waals surface area contributed by atoms with E-state index in [0.717, 1.165) is 12.2 Å². The number of halogens is 1. The molecule has 2 N–H and O–H groups in total. The van der Waals surface area contributed by atoms with Crippen molar-refractivity contribution in [3.8, 4) is 0 Å². The summed E-state index contributed by atoms with van der Waals surface area (Å²) in [6.45, 7) is 3.66. The second kappa shape index (κ2) is 5.35. The third-order valence-corrected chi connectivity index (χ3v) is 3.29. The second-order valence-electron chi connectivity index (χ2n) is 4.67. The molecule has 0 aliphatic carbocycles. The lowest BCUT2D eigenvalue weighted by atomic mass is 10.1. The summed E-state index contributed by atoms with van der Waals surface area (Å²) in [4.78, 5) is 13.1. The molecule has 0 spiro atoms. The van der Waals surface area contributed by atoms with Crippen LogP contribution in [-0.2, 0) is 4.79 Å². The number of carboxylic acids is 1. The summed E-state index contributed by atoms with van der Waals surface area (Å²) in [6.07, 6.45) is 0. The van der Waals surface area contributed by atoms with Crippen LogP contribution in [0.4, 0.5) is 10.1 Å². The van der Waals surface area contributed by atoms with Crippen LogP contribution in [0.5, 0.6) is 0 Å². The van der Waals surface area contributed by atoms with Gasteiger partial charge >= 0.3 is 5.97 Å². The number of hydrogen-bond donors (Lipinski definition) is 2. The van der Waals surface area contributed by atoms with E-state index >= 15 is 0 Å². The van der Waals surface area contributed by atoms with Crippen LogP contribution in [-0.4, -0.2) is 36.8 Å². The third-order valence-electron chi connectivity index (χ3n) is 3.29. The fourth-order valence-corrected chi connectivity index (χ4v) is 2.22. The molecular formula is C13H17FN2O2. The van der Waals surface area contributed by atoms with Gasteiger partial charge < -0.3 is 15.3 Å². The van der Waals surface area contributed by atoms with Gasteiger partial charge in [0, 0.05) is 31.4 Å². The van der Waals surface area contributed by atoms with Gasteiger partial charge in [0.15, 0.2) is 0 Å². The molecule has 2 rings (SSSR count). The molecule has 1 aliphatic rings. The number of carbonyl (C=O) groups is 1. The molecule has 1 saturated heterocycles. The third kappa shape index (κ3) is 2.79. The van der Waals surface area contributed by atoms with Crippen LogP contribution in [0.3, 0.4) is 0 Å². The zero-order valence-corrected chi connectivity index (χ0v) is 10.3. The lowest BCUT2D eigenvalue weighted by Gasteiger charge is -2.30. The first-order valence-corrected chi connectivity index (χ1v) is 6.03. The van der Waals surface area contributed by atoms with Crippen molar-refractivity contribution in [3.63, 3.8) is 0 Å². The van der Waals surface area contributed by atoms with E-state index in [9.17, 15) is 9.18 Å². The number of benzene rings is 1. The van der Waals surface area contributed by atoms with Crippen LogP contribution in [0.25, 0.3) is 0 Å². The van der Waals surface area contributed by atoms with E-state index in [1.807, 2.05) is 11.8 Å². The normalized spacial score (nSPS) is 24.7. The van der Waals surface area contributed by atoms with Gasteiger partial charge in [0.1, 0.15) is 5.82 Å². The highest BCUT2D eigenvalue weighted by atomic mass is 19.1. The van der Waals surface area contributed by atoms with E-state index in [1.54, 1.807) is 12.1 Å². The van der Waals surface area contributed by atoms with Gasteiger partial charge in [0.05, 0.1) is 5.92 Å². The Morgan fingerprint density at radius 2 is 2.06 bits per heavy atom. The number of hydrogen-bond acceptors (Lipinski definition) is 3.